The van der Waals surface area contributed by atoms with Gasteiger partial charge in [0.05, 0.1) is 24.0 Å². The first-order valence-corrected chi connectivity index (χ1v) is 11.7. The number of carbonyl (C=O) groups excluding carboxylic acids is 2. The molecule has 0 saturated heterocycles. The van der Waals surface area contributed by atoms with Gasteiger partial charge in [-0.05, 0) is 47.7 Å². The summed E-state index contributed by atoms with van der Waals surface area (Å²) in [5.41, 5.74) is 3.66. The third kappa shape index (κ3) is 5.98. The van der Waals surface area contributed by atoms with Crippen LogP contribution in [0.5, 0.6) is 0 Å². The van der Waals surface area contributed by atoms with Crippen LogP contribution in [0.15, 0.2) is 42.5 Å². The number of aliphatic carboxylic acids is 1. The van der Waals surface area contributed by atoms with Crippen LogP contribution in [0.2, 0.25) is 0 Å². The highest BCUT2D eigenvalue weighted by atomic mass is 16.4. The number of H-pyrrole nitrogens is 1. The summed E-state index contributed by atoms with van der Waals surface area (Å²) >= 11 is 0. The number of benzene rings is 2. The molecule has 1 aromatic heterocycles. The zero-order chi connectivity index (χ0) is 25.2. The number of carboxylic acids is 1. The first-order chi connectivity index (χ1) is 16.6. The molecule has 9 nitrogen and oxygen atoms in total. The van der Waals surface area contributed by atoms with Crippen molar-refractivity contribution < 1.29 is 19.5 Å². The van der Waals surface area contributed by atoms with E-state index in [1.54, 1.807) is 23.1 Å². The van der Waals surface area contributed by atoms with Crippen molar-refractivity contribution in [1.29, 1.82) is 0 Å². The second-order valence-corrected chi connectivity index (χ2v) is 10.1. The molecule has 2 aromatic carbocycles. The Morgan fingerprint density at radius 2 is 1.97 bits per heavy atom. The summed E-state index contributed by atoms with van der Waals surface area (Å²) in [6, 6.07) is 12.0. The first-order valence-electron chi connectivity index (χ1n) is 11.7. The molecule has 4 N–H and O–H groups in total. The lowest BCUT2D eigenvalue weighted by molar-refractivity contribution is -0.141. The van der Waals surface area contributed by atoms with Gasteiger partial charge in [0, 0.05) is 24.3 Å². The zero-order valence-corrected chi connectivity index (χ0v) is 20.2. The maximum absolute atomic E-state index is 13.1. The Labute approximate surface area is 203 Å². The number of anilines is 1. The highest BCUT2D eigenvalue weighted by Crippen LogP contribution is 2.27. The Morgan fingerprint density at radius 1 is 1.20 bits per heavy atom. The molecule has 4 rings (SSSR count). The van der Waals surface area contributed by atoms with Crippen molar-refractivity contribution >= 4 is 34.5 Å². The van der Waals surface area contributed by atoms with Gasteiger partial charge in [0.2, 0.25) is 5.91 Å². The van der Waals surface area contributed by atoms with Gasteiger partial charge in [-0.1, -0.05) is 32.9 Å². The van der Waals surface area contributed by atoms with Gasteiger partial charge in [-0.25, -0.2) is 4.98 Å². The molecule has 35 heavy (non-hydrogen) atoms. The Hall–Kier alpha value is -3.88. The number of aromatic amines is 1. The number of nitrogens with one attached hydrogen (secondary N) is 3. The first kappa shape index (κ1) is 24.3. The van der Waals surface area contributed by atoms with Crippen molar-refractivity contribution in [2.45, 2.75) is 52.7 Å². The van der Waals surface area contributed by atoms with Crippen LogP contribution < -0.4 is 10.6 Å². The smallest absolute Gasteiger partial charge is 0.305 e. The van der Waals surface area contributed by atoms with Crippen LogP contribution in [0.1, 0.15) is 55.4 Å². The van der Waals surface area contributed by atoms with Gasteiger partial charge in [0.1, 0.15) is 11.9 Å². The van der Waals surface area contributed by atoms with Crippen LogP contribution in [0.3, 0.4) is 0 Å². The standard InChI is InChI=1S/C26H31N5O4/c1-26(2,3)10-11-31-15-17-12-16(8-9-18(17)28-21(25(31)35)13-23(32)33)24(34)27-14-22-29-19-6-4-5-7-20(19)30-22/h4-9,12,21,28H,10-11,13-15H2,1-3H3,(H,27,34)(H,29,30)(H,32,33). The molecule has 0 spiro atoms. The Balaban J connectivity index is 1.52. The van der Waals surface area contributed by atoms with E-state index in [1.807, 2.05) is 24.3 Å². The molecule has 0 radical (unpaired) electrons. The summed E-state index contributed by atoms with van der Waals surface area (Å²) < 4.78 is 0. The summed E-state index contributed by atoms with van der Waals surface area (Å²) in [5.74, 6) is -0.890. The molecule has 0 bridgehead atoms. The molecule has 1 unspecified atom stereocenters. The maximum atomic E-state index is 13.1. The van der Waals surface area contributed by atoms with Crippen LogP contribution >= 0.6 is 0 Å². The van der Waals surface area contributed by atoms with Gasteiger partial charge in [-0.3, -0.25) is 14.4 Å². The third-order valence-corrected chi connectivity index (χ3v) is 6.03. The predicted octanol–water partition coefficient (Wildman–Crippen LogP) is 3.53. The minimum absolute atomic E-state index is 0.0174. The highest BCUT2D eigenvalue weighted by molar-refractivity contribution is 5.96. The van der Waals surface area contributed by atoms with E-state index in [0.29, 0.717) is 30.2 Å². The molecule has 0 saturated carbocycles. The molecule has 2 heterocycles. The molecule has 1 aliphatic heterocycles. The summed E-state index contributed by atoms with van der Waals surface area (Å²) in [6.07, 6.45) is 0.454. The molecular formula is C26H31N5O4. The van der Waals surface area contributed by atoms with E-state index in [-0.39, 0.29) is 30.2 Å². The van der Waals surface area contributed by atoms with E-state index >= 15 is 0 Å². The zero-order valence-electron chi connectivity index (χ0n) is 20.2. The fraction of sp³-hybridized carbons (Fsp3) is 0.385. The lowest BCUT2D eigenvalue weighted by Crippen LogP contribution is -2.42. The summed E-state index contributed by atoms with van der Waals surface area (Å²) in [5, 5.41) is 15.3. The van der Waals surface area contributed by atoms with Gasteiger partial charge in [-0.15, -0.1) is 0 Å². The number of imidazole rings is 1. The number of carbonyl (C=O) groups is 3. The van der Waals surface area contributed by atoms with Crippen LogP contribution in [0, 0.1) is 5.41 Å². The number of hydrogen-bond acceptors (Lipinski definition) is 5. The van der Waals surface area contributed by atoms with Crippen molar-refractivity contribution in [3.8, 4) is 0 Å². The largest absolute Gasteiger partial charge is 0.481 e. The van der Waals surface area contributed by atoms with E-state index in [2.05, 4.69) is 41.4 Å². The average molecular weight is 478 g/mol. The molecular weight excluding hydrogens is 446 g/mol. The van der Waals surface area contributed by atoms with Crippen molar-refractivity contribution in [2.75, 3.05) is 11.9 Å². The maximum Gasteiger partial charge on any atom is 0.305 e. The molecule has 184 valence electrons. The van der Waals surface area contributed by atoms with Crippen LogP contribution in [-0.4, -0.2) is 50.3 Å². The molecule has 2 amide bonds. The molecule has 1 atom stereocenters. The summed E-state index contributed by atoms with van der Waals surface area (Å²) in [4.78, 5) is 46.8. The van der Waals surface area contributed by atoms with Crippen molar-refractivity contribution in [3.05, 3.63) is 59.4 Å². The monoisotopic (exact) mass is 477 g/mol. The number of aromatic nitrogens is 2. The number of nitrogens with zero attached hydrogens (tertiary/aromatic N) is 2. The van der Waals surface area contributed by atoms with Crippen molar-refractivity contribution in [2.24, 2.45) is 5.41 Å². The van der Waals surface area contributed by atoms with E-state index in [0.717, 1.165) is 23.0 Å². The Kier molecular flexibility index (Phi) is 6.77. The van der Waals surface area contributed by atoms with E-state index in [1.165, 1.54) is 0 Å². The lowest BCUT2D eigenvalue weighted by Gasteiger charge is -2.27. The number of para-hydroxylation sites is 2. The highest BCUT2D eigenvalue weighted by Gasteiger charge is 2.31. The van der Waals surface area contributed by atoms with Gasteiger partial charge in [-0.2, -0.15) is 0 Å². The number of amides is 2. The normalized spacial score (nSPS) is 15.9. The summed E-state index contributed by atoms with van der Waals surface area (Å²) in [7, 11) is 0. The van der Waals surface area contributed by atoms with E-state index in [9.17, 15) is 19.5 Å². The number of fused-ring (bicyclic) bond motifs is 2. The quantitative estimate of drug-likeness (QED) is 0.412. The molecule has 0 aliphatic carbocycles. The Bertz CT molecular complexity index is 1230. The lowest BCUT2D eigenvalue weighted by atomic mass is 9.92. The third-order valence-electron chi connectivity index (χ3n) is 6.03. The second kappa shape index (κ2) is 9.77. The van der Waals surface area contributed by atoms with Crippen LogP contribution in [0.4, 0.5) is 5.69 Å². The Morgan fingerprint density at radius 3 is 2.69 bits per heavy atom. The number of rotatable bonds is 7. The fourth-order valence-electron chi connectivity index (χ4n) is 4.09. The second-order valence-electron chi connectivity index (χ2n) is 10.1. The SMILES string of the molecule is CC(C)(C)CCN1Cc2cc(C(=O)NCc3nc4ccccc4[nH]3)ccc2NC(CC(=O)O)C1=O. The van der Waals surface area contributed by atoms with Gasteiger partial charge >= 0.3 is 5.97 Å². The van der Waals surface area contributed by atoms with Crippen LogP contribution in [0.25, 0.3) is 11.0 Å². The van der Waals surface area contributed by atoms with E-state index in [4.69, 9.17) is 0 Å². The minimum atomic E-state index is -1.04. The molecule has 9 heteroatoms. The van der Waals surface area contributed by atoms with Gasteiger partial charge < -0.3 is 25.6 Å². The summed E-state index contributed by atoms with van der Waals surface area (Å²) in [6.45, 7) is 7.35. The molecule has 0 fully saturated rings. The fourth-order valence-corrected chi connectivity index (χ4v) is 4.09. The molecule has 1 aliphatic rings. The van der Waals surface area contributed by atoms with Crippen molar-refractivity contribution in [1.82, 2.24) is 20.2 Å². The number of hydrogen-bond donors (Lipinski definition) is 4. The molecule has 3 aromatic rings. The topological polar surface area (TPSA) is 127 Å². The predicted molar refractivity (Wildman–Crippen MR) is 133 cm³/mol. The van der Waals surface area contributed by atoms with Gasteiger partial charge in [0.25, 0.3) is 5.91 Å². The van der Waals surface area contributed by atoms with Crippen LogP contribution in [-0.2, 0) is 22.7 Å². The van der Waals surface area contributed by atoms with E-state index < -0.39 is 12.0 Å². The van der Waals surface area contributed by atoms with Gasteiger partial charge in [0.15, 0.2) is 0 Å². The minimum Gasteiger partial charge on any atom is -0.481 e. The number of carboxylic acid groups (broad SMARTS) is 1. The average Bonchev–Trinajstić information content (AvgIpc) is 3.16. The van der Waals surface area contributed by atoms with Crippen molar-refractivity contribution in [3.63, 3.8) is 0 Å².